The van der Waals surface area contributed by atoms with Gasteiger partial charge in [-0.15, -0.1) is 5.10 Å². The standard InChI is InChI=1S/C30H27ClN4O2S/c1-19-6-4-7-20(16-19)17-37-23-14-12-21(13-15-23)28-27-25(10-5-11-26(27)36)32-29-33-30(34-35(28)29)38-18-22-8-2-3-9-24(22)31/h2-4,6-9,12-16,28H,5,10-11,17-18H2,1H3,(H,32,33,34). The van der Waals surface area contributed by atoms with Crippen molar-refractivity contribution in [3.63, 3.8) is 0 Å². The maximum Gasteiger partial charge on any atom is 0.227 e. The van der Waals surface area contributed by atoms with Gasteiger partial charge in [-0.05, 0) is 54.7 Å². The summed E-state index contributed by atoms with van der Waals surface area (Å²) in [6, 6.07) is 23.7. The Morgan fingerprint density at radius 2 is 1.92 bits per heavy atom. The zero-order valence-electron chi connectivity index (χ0n) is 21.0. The molecule has 0 spiro atoms. The molecule has 2 heterocycles. The van der Waals surface area contributed by atoms with Gasteiger partial charge in [-0.3, -0.25) is 4.79 Å². The van der Waals surface area contributed by atoms with Gasteiger partial charge in [0.25, 0.3) is 0 Å². The number of fused-ring (bicyclic) bond motifs is 1. The van der Waals surface area contributed by atoms with Gasteiger partial charge in [0.05, 0.1) is 0 Å². The Kier molecular flexibility index (Phi) is 6.96. The molecule has 6 rings (SSSR count). The number of hydrogen-bond acceptors (Lipinski definition) is 6. The Hall–Kier alpha value is -3.55. The number of anilines is 1. The highest BCUT2D eigenvalue weighted by Gasteiger charge is 2.36. The molecule has 0 saturated carbocycles. The largest absolute Gasteiger partial charge is 0.489 e. The smallest absolute Gasteiger partial charge is 0.227 e. The molecule has 1 aromatic heterocycles. The molecule has 0 radical (unpaired) electrons. The average Bonchev–Trinajstić information content (AvgIpc) is 3.33. The number of benzene rings is 3. The summed E-state index contributed by atoms with van der Waals surface area (Å²) in [6.45, 7) is 2.58. The molecule has 4 aromatic rings. The maximum absolute atomic E-state index is 13.1. The number of Topliss-reactive ketones (excluding diaryl/α,β-unsaturated/α-hetero) is 1. The fraction of sp³-hybridized carbons (Fsp3) is 0.233. The van der Waals surface area contributed by atoms with Gasteiger partial charge < -0.3 is 10.1 Å². The summed E-state index contributed by atoms with van der Waals surface area (Å²) in [4.78, 5) is 17.9. The van der Waals surface area contributed by atoms with Crippen LogP contribution < -0.4 is 10.1 Å². The van der Waals surface area contributed by atoms with E-state index in [1.165, 1.54) is 17.3 Å². The summed E-state index contributed by atoms with van der Waals surface area (Å²) in [5.74, 6) is 2.26. The van der Waals surface area contributed by atoms with Crippen molar-refractivity contribution in [2.75, 3.05) is 5.32 Å². The molecular formula is C30H27ClN4O2S. The lowest BCUT2D eigenvalue weighted by Gasteiger charge is -2.32. The predicted octanol–water partition coefficient (Wildman–Crippen LogP) is 7.13. The highest BCUT2D eigenvalue weighted by Crippen LogP contribution is 2.41. The summed E-state index contributed by atoms with van der Waals surface area (Å²) in [7, 11) is 0. The van der Waals surface area contributed by atoms with Crippen LogP contribution in [0.4, 0.5) is 5.95 Å². The summed E-state index contributed by atoms with van der Waals surface area (Å²) in [5, 5.41) is 9.60. The number of ketones is 1. The van der Waals surface area contributed by atoms with Crippen LogP contribution in [0.5, 0.6) is 5.75 Å². The first-order chi connectivity index (χ1) is 18.5. The normalized spacial score (nSPS) is 16.6. The van der Waals surface area contributed by atoms with Crippen LogP contribution in [0.2, 0.25) is 5.02 Å². The van der Waals surface area contributed by atoms with Gasteiger partial charge >= 0.3 is 0 Å². The van der Waals surface area contributed by atoms with Crippen LogP contribution in [0.25, 0.3) is 0 Å². The summed E-state index contributed by atoms with van der Waals surface area (Å²) >= 11 is 7.87. The van der Waals surface area contributed by atoms with E-state index in [1.807, 2.05) is 59.3 Å². The number of allylic oxidation sites excluding steroid dienone is 2. The first-order valence-corrected chi connectivity index (χ1v) is 14.1. The van der Waals surface area contributed by atoms with Crippen molar-refractivity contribution in [1.82, 2.24) is 14.8 Å². The third-order valence-corrected chi connectivity index (χ3v) is 8.10. The molecule has 1 unspecified atom stereocenters. The number of aryl methyl sites for hydroxylation is 1. The number of nitrogens with one attached hydrogen (secondary N) is 1. The second-order valence-corrected chi connectivity index (χ2v) is 10.9. The van der Waals surface area contributed by atoms with E-state index in [1.54, 1.807) is 0 Å². The van der Waals surface area contributed by atoms with Crippen LogP contribution >= 0.6 is 23.4 Å². The number of aromatic nitrogens is 3. The topological polar surface area (TPSA) is 69.0 Å². The highest BCUT2D eigenvalue weighted by atomic mass is 35.5. The zero-order valence-corrected chi connectivity index (χ0v) is 22.6. The Morgan fingerprint density at radius 3 is 2.74 bits per heavy atom. The van der Waals surface area contributed by atoms with E-state index in [4.69, 9.17) is 26.4 Å². The van der Waals surface area contributed by atoms with Gasteiger partial charge in [-0.2, -0.15) is 4.98 Å². The van der Waals surface area contributed by atoms with Crippen LogP contribution in [0.3, 0.4) is 0 Å². The maximum atomic E-state index is 13.1. The molecule has 192 valence electrons. The van der Waals surface area contributed by atoms with Crippen molar-refractivity contribution in [1.29, 1.82) is 0 Å². The molecule has 38 heavy (non-hydrogen) atoms. The summed E-state index contributed by atoms with van der Waals surface area (Å²) < 4.78 is 7.88. The van der Waals surface area contributed by atoms with Crippen molar-refractivity contribution in [3.05, 3.63) is 111 Å². The Bertz CT molecular complexity index is 1530. The van der Waals surface area contributed by atoms with Crippen molar-refractivity contribution in [2.45, 2.75) is 49.7 Å². The van der Waals surface area contributed by atoms with Gasteiger partial charge in [0.15, 0.2) is 5.78 Å². The van der Waals surface area contributed by atoms with E-state index in [9.17, 15) is 4.79 Å². The van der Waals surface area contributed by atoms with Crippen LogP contribution in [-0.2, 0) is 17.2 Å². The van der Waals surface area contributed by atoms with Crippen LogP contribution in [0.1, 0.15) is 47.6 Å². The van der Waals surface area contributed by atoms with Crippen molar-refractivity contribution in [3.8, 4) is 5.75 Å². The second kappa shape index (κ2) is 10.7. The van der Waals surface area contributed by atoms with E-state index in [-0.39, 0.29) is 11.8 Å². The summed E-state index contributed by atoms with van der Waals surface area (Å²) in [6.07, 6.45) is 2.21. The van der Waals surface area contributed by atoms with Crippen LogP contribution in [-0.4, -0.2) is 20.5 Å². The number of thioether (sulfide) groups is 1. The lowest BCUT2D eigenvalue weighted by atomic mass is 9.85. The minimum Gasteiger partial charge on any atom is -0.489 e. The van der Waals surface area contributed by atoms with E-state index < -0.39 is 0 Å². The number of carbonyl (C=O) groups is 1. The molecule has 1 aliphatic carbocycles. The third kappa shape index (κ3) is 5.08. The number of hydrogen-bond donors (Lipinski definition) is 1. The molecule has 3 aromatic carbocycles. The van der Waals surface area contributed by atoms with Gasteiger partial charge in [0.2, 0.25) is 11.1 Å². The van der Waals surface area contributed by atoms with Gasteiger partial charge in [-0.1, -0.05) is 83.5 Å². The fourth-order valence-electron chi connectivity index (χ4n) is 4.98. The summed E-state index contributed by atoms with van der Waals surface area (Å²) in [5.41, 5.74) is 6.08. The molecule has 1 N–H and O–H groups in total. The highest BCUT2D eigenvalue weighted by molar-refractivity contribution is 7.98. The van der Waals surface area contributed by atoms with E-state index in [0.29, 0.717) is 29.9 Å². The van der Waals surface area contributed by atoms with Gasteiger partial charge in [0, 0.05) is 28.5 Å². The van der Waals surface area contributed by atoms with E-state index in [0.717, 1.165) is 51.6 Å². The molecule has 8 heteroatoms. The average molecular weight is 543 g/mol. The predicted molar refractivity (Wildman–Crippen MR) is 151 cm³/mol. The number of carbonyl (C=O) groups excluding carboxylic acids is 1. The van der Waals surface area contributed by atoms with Crippen LogP contribution in [0, 0.1) is 6.92 Å². The SMILES string of the molecule is Cc1cccc(COc2ccc(C3C4=C(CCCC4=O)Nc4nc(SCc5ccccc5Cl)nn43)cc2)c1. The zero-order chi connectivity index (χ0) is 26.1. The van der Waals surface area contributed by atoms with Crippen molar-refractivity contribution >= 4 is 35.1 Å². The fourth-order valence-corrected chi connectivity index (χ4v) is 6.09. The third-order valence-electron chi connectivity index (χ3n) is 6.85. The molecule has 6 nitrogen and oxygen atoms in total. The first kappa shape index (κ1) is 24.8. The van der Waals surface area contributed by atoms with Gasteiger partial charge in [-0.25, -0.2) is 4.68 Å². The molecule has 1 atom stereocenters. The first-order valence-electron chi connectivity index (χ1n) is 12.7. The van der Waals surface area contributed by atoms with E-state index in [2.05, 4.69) is 30.4 Å². The molecular weight excluding hydrogens is 516 g/mol. The van der Waals surface area contributed by atoms with E-state index >= 15 is 0 Å². The number of ether oxygens (including phenoxy) is 1. The molecule has 0 fully saturated rings. The molecule has 0 saturated heterocycles. The minimum absolute atomic E-state index is 0.162. The van der Waals surface area contributed by atoms with Gasteiger partial charge in [0.1, 0.15) is 18.4 Å². The number of rotatable bonds is 7. The number of halogens is 1. The lowest BCUT2D eigenvalue weighted by Crippen LogP contribution is -2.31. The quantitative estimate of drug-likeness (QED) is 0.250. The second-order valence-electron chi connectivity index (χ2n) is 9.59. The van der Waals surface area contributed by atoms with Crippen molar-refractivity contribution < 1.29 is 9.53 Å². The lowest BCUT2D eigenvalue weighted by molar-refractivity contribution is -0.116. The number of nitrogens with zero attached hydrogens (tertiary/aromatic N) is 3. The molecule has 1 aliphatic heterocycles. The molecule has 2 aliphatic rings. The Morgan fingerprint density at radius 1 is 1.08 bits per heavy atom. The minimum atomic E-state index is -0.331. The molecule has 0 amide bonds. The Labute approximate surface area is 231 Å². The van der Waals surface area contributed by atoms with Crippen LogP contribution in [0.15, 0.2) is 89.2 Å². The molecule has 0 bridgehead atoms. The Balaban J connectivity index is 1.26. The monoisotopic (exact) mass is 542 g/mol. The van der Waals surface area contributed by atoms with Crippen molar-refractivity contribution in [2.24, 2.45) is 0 Å².